The third-order valence-electron chi connectivity index (χ3n) is 3.05. The summed E-state index contributed by atoms with van der Waals surface area (Å²) in [6, 6.07) is 15.9. The monoisotopic (exact) mass is 342 g/mol. The number of hydrogen-bond donors (Lipinski definition) is 2. The van der Waals surface area contributed by atoms with E-state index in [4.69, 9.17) is 0 Å². The van der Waals surface area contributed by atoms with Gasteiger partial charge in [0, 0.05) is 23.9 Å². The number of carbonyl (C=O) groups is 3. The predicted molar refractivity (Wildman–Crippen MR) is 97.5 cm³/mol. The lowest BCUT2D eigenvalue weighted by atomic mass is 10.1. The van der Waals surface area contributed by atoms with E-state index in [-0.39, 0.29) is 29.1 Å². The number of thioether (sulfide) groups is 1. The Morgan fingerprint density at radius 1 is 0.833 bits per heavy atom. The van der Waals surface area contributed by atoms with Gasteiger partial charge in [-0.05, 0) is 36.4 Å². The maximum Gasteiger partial charge on any atom is 0.234 e. The molecule has 0 spiro atoms. The summed E-state index contributed by atoms with van der Waals surface area (Å²) in [6.07, 6.45) is 0. The molecular weight excluding hydrogens is 324 g/mol. The van der Waals surface area contributed by atoms with E-state index in [1.807, 2.05) is 30.3 Å². The maximum atomic E-state index is 12.1. The van der Waals surface area contributed by atoms with E-state index in [1.165, 1.54) is 18.7 Å². The van der Waals surface area contributed by atoms with Crippen molar-refractivity contribution in [2.45, 2.75) is 6.92 Å². The van der Waals surface area contributed by atoms with Crippen LogP contribution in [0.1, 0.15) is 17.3 Å². The first-order valence-corrected chi connectivity index (χ1v) is 8.53. The van der Waals surface area contributed by atoms with Crippen molar-refractivity contribution in [2.75, 3.05) is 22.1 Å². The summed E-state index contributed by atoms with van der Waals surface area (Å²) in [6.45, 7) is 1.43. The molecule has 0 unspecified atom stereocenters. The van der Waals surface area contributed by atoms with Gasteiger partial charge >= 0.3 is 0 Å². The van der Waals surface area contributed by atoms with Gasteiger partial charge < -0.3 is 10.6 Å². The number of hydrogen-bond acceptors (Lipinski definition) is 4. The molecule has 0 saturated carbocycles. The van der Waals surface area contributed by atoms with Gasteiger partial charge in [0.2, 0.25) is 11.8 Å². The lowest BCUT2D eigenvalue weighted by Gasteiger charge is -2.06. The SMILES string of the molecule is CC(=O)Nc1ccc(C(=O)CSCC(=O)Nc2ccccc2)cc1. The Bertz CT molecular complexity index is 715. The maximum absolute atomic E-state index is 12.1. The topological polar surface area (TPSA) is 75.3 Å². The van der Waals surface area contributed by atoms with Gasteiger partial charge in [0.25, 0.3) is 0 Å². The number of benzene rings is 2. The molecule has 2 amide bonds. The summed E-state index contributed by atoms with van der Waals surface area (Å²) in [5.74, 6) is 0.0858. The number of ketones is 1. The lowest BCUT2D eigenvalue weighted by molar-refractivity contribution is -0.114. The van der Waals surface area contributed by atoms with Crippen LogP contribution in [0.15, 0.2) is 54.6 Å². The molecule has 0 heterocycles. The van der Waals surface area contributed by atoms with Crippen LogP contribution in [-0.2, 0) is 9.59 Å². The van der Waals surface area contributed by atoms with E-state index in [2.05, 4.69) is 10.6 Å². The van der Waals surface area contributed by atoms with Crippen LogP contribution >= 0.6 is 11.8 Å². The van der Waals surface area contributed by atoms with Crippen molar-refractivity contribution in [2.24, 2.45) is 0 Å². The van der Waals surface area contributed by atoms with Gasteiger partial charge in [0.15, 0.2) is 5.78 Å². The van der Waals surface area contributed by atoms with Gasteiger partial charge in [-0.1, -0.05) is 18.2 Å². The minimum atomic E-state index is -0.158. The highest BCUT2D eigenvalue weighted by Crippen LogP contribution is 2.13. The van der Waals surface area contributed by atoms with Gasteiger partial charge in [-0.15, -0.1) is 11.8 Å². The molecule has 0 bridgehead atoms. The van der Waals surface area contributed by atoms with Gasteiger partial charge in [-0.3, -0.25) is 14.4 Å². The zero-order chi connectivity index (χ0) is 17.4. The predicted octanol–water partition coefficient (Wildman–Crippen LogP) is 3.20. The first kappa shape index (κ1) is 17.7. The summed E-state index contributed by atoms with van der Waals surface area (Å²) in [4.78, 5) is 34.8. The number of nitrogens with one attached hydrogen (secondary N) is 2. The molecule has 6 heteroatoms. The molecule has 24 heavy (non-hydrogen) atoms. The average molecular weight is 342 g/mol. The summed E-state index contributed by atoms with van der Waals surface area (Å²) in [7, 11) is 0. The third-order valence-corrected chi connectivity index (χ3v) is 3.98. The molecule has 0 fully saturated rings. The van der Waals surface area contributed by atoms with Crippen molar-refractivity contribution in [1.82, 2.24) is 0 Å². The second-order valence-corrected chi connectivity index (χ2v) is 6.07. The molecule has 0 aliphatic carbocycles. The molecule has 2 aromatic rings. The van der Waals surface area contributed by atoms with E-state index in [0.29, 0.717) is 11.3 Å². The molecule has 0 aliphatic heterocycles. The van der Waals surface area contributed by atoms with Crippen LogP contribution in [0.4, 0.5) is 11.4 Å². The zero-order valence-electron chi connectivity index (χ0n) is 13.2. The normalized spacial score (nSPS) is 10.0. The van der Waals surface area contributed by atoms with Crippen molar-refractivity contribution in [1.29, 1.82) is 0 Å². The molecule has 2 rings (SSSR count). The summed E-state index contributed by atoms with van der Waals surface area (Å²) < 4.78 is 0. The van der Waals surface area contributed by atoms with E-state index >= 15 is 0 Å². The number of anilines is 2. The molecule has 0 aliphatic rings. The van der Waals surface area contributed by atoms with Gasteiger partial charge in [0.1, 0.15) is 0 Å². The summed E-state index contributed by atoms with van der Waals surface area (Å²) in [5, 5.41) is 5.41. The van der Waals surface area contributed by atoms with E-state index < -0.39 is 0 Å². The van der Waals surface area contributed by atoms with Gasteiger partial charge in [0.05, 0.1) is 11.5 Å². The van der Waals surface area contributed by atoms with Crippen LogP contribution in [0.2, 0.25) is 0 Å². The fourth-order valence-corrected chi connectivity index (χ4v) is 2.69. The summed E-state index contributed by atoms with van der Waals surface area (Å²) in [5.41, 5.74) is 1.94. The largest absolute Gasteiger partial charge is 0.326 e. The molecule has 5 nitrogen and oxygen atoms in total. The van der Waals surface area contributed by atoms with E-state index in [9.17, 15) is 14.4 Å². The molecule has 2 N–H and O–H groups in total. The van der Waals surface area contributed by atoms with Crippen LogP contribution in [-0.4, -0.2) is 29.1 Å². The van der Waals surface area contributed by atoms with Crippen molar-refractivity contribution >= 4 is 40.7 Å². The lowest BCUT2D eigenvalue weighted by Crippen LogP contribution is -2.15. The standard InChI is InChI=1S/C18H18N2O3S/c1-13(21)19-16-9-7-14(8-10-16)17(22)11-24-12-18(23)20-15-5-3-2-4-6-15/h2-10H,11-12H2,1H3,(H,19,21)(H,20,23). The molecule has 0 saturated heterocycles. The average Bonchev–Trinajstić information content (AvgIpc) is 2.55. The van der Waals surface area contributed by atoms with Crippen LogP contribution in [0, 0.1) is 0 Å². The number of Topliss-reactive ketones (excluding diaryl/α,β-unsaturated/α-hetero) is 1. The van der Waals surface area contributed by atoms with E-state index in [1.54, 1.807) is 24.3 Å². The highest BCUT2D eigenvalue weighted by Gasteiger charge is 2.08. The molecule has 0 atom stereocenters. The zero-order valence-corrected chi connectivity index (χ0v) is 14.1. The minimum Gasteiger partial charge on any atom is -0.326 e. The Balaban J connectivity index is 1.76. The number of para-hydroxylation sites is 1. The Kier molecular flexibility index (Phi) is 6.57. The minimum absolute atomic E-state index is 0.0538. The number of rotatable bonds is 7. The first-order valence-electron chi connectivity index (χ1n) is 7.38. The number of amides is 2. The second-order valence-electron chi connectivity index (χ2n) is 5.09. The molecule has 2 aromatic carbocycles. The molecule has 0 radical (unpaired) electrons. The quantitative estimate of drug-likeness (QED) is 0.758. The molecule has 0 aromatic heterocycles. The van der Waals surface area contributed by atoms with E-state index in [0.717, 1.165) is 5.69 Å². The van der Waals surface area contributed by atoms with Crippen LogP contribution in [0.5, 0.6) is 0 Å². The van der Waals surface area contributed by atoms with Crippen molar-refractivity contribution < 1.29 is 14.4 Å². The fraction of sp³-hybridized carbons (Fsp3) is 0.167. The smallest absolute Gasteiger partial charge is 0.234 e. The number of carbonyl (C=O) groups excluding carboxylic acids is 3. The Morgan fingerprint density at radius 3 is 2.08 bits per heavy atom. The van der Waals surface area contributed by atoms with Crippen LogP contribution in [0.25, 0.3) is 0 Å². The van der Waals surface area contributed by atoms with Crippen molar-refractivity contribution in [3.8, 4) is 0 Å². The van der Waals surface area contributed by atoms with Crippen LogP contribution in [0.3, 0.4) is 0 Å². The molecule has 124 valence electrons. The Labute approximate surface area is 144 Å². The highest BCUT2D eigenvalue weighted by molar-refractivity contribution is 8.00. The first-order chi connectivity index (χ1) is 11.5. The molecular formula is C18H18N2O3S. The Hall–Kier alpha value is -2.60. The second kappa shape index (κ2) is 8.88. The van der Waals surface area contributed by atoms with Gasteiger partial charge in [-0.25, -0.2) is 0 Å². The van der Waals surface area contributed by atoms with Crippen molar-refractivity contribution in [3.63, 3.8) is 0 Å². The van der Waals surface area contributed by atoms with Crippen molar-refractivity contribution in [3.05, 3.63) is 60.2 Å². The van der Waals surface area contributed by atoms with Gasteiger partial charge in [-0.2, -0.15) is 0 Å². The Morgan fingerprint density at radius 2 is 1.46 bits per heavy atom. The third kappa shape index (κ3) is 5.89. The summed E-state index contributed by atoms with van der Waals surface area (Å²) >= 11 is 1.27. The van der Waals surface area contributed by atoms with Crippen LogP contribution < -0.4 is 10.6 Å². The highest BCUT2D eigenvalue weighted by atomic mass is 32.2. The fourth-order valence-electron chi connectivity index (χ4n) is 1.98.